The van der Waals surface area contributed by atoms with Crippen LogP contribution in [0.25, 0.3) is 0 Å². The van der Waals surface area contributed by atoms with Crippen LogP contribution in [0, 0.1) is 35.5 Å². The lowest BCUT2D eigenvalue weighted by molar-refractivity contribution is -0.140. The van der Waals surface area contributed by atoms with Crippen LogP contribution in [-0.4, -0.2) is 37.1 Å². The Morgan fingerprint density at radius 2 is 1.56 bits per heavy atom. The number of amides is 2. The zero-order chi connectivity index (χ0) is 17.3. The predicted molar refractivity (Wildman–Crippen MR) is 94.9 cm³/mol. The second kappa shape index (κ2) is 5.04. The van der Waals surface area contributed by atoms with Crippen LogP contribution >= 0.6 is 0 Å². The molecule has 0 radical (unpaired) electrons. The number of hydrogen-bond acceptors (Lipinski definition) is 4. The summed E-state index contributed by atoms with van der Waals surface area (Å²) in [6.07, 6.45) is 7.15. The number of anilines is 1. The maximum absolute atomic E-state index is 12.8. The van der Waals surface area contributed by atoms with Crippen molar-refractivity contribution in [1.82, 2.24) is 5.01 Å². The largest absolute Gasteiger partial charge is 0.378 e. The highest BCUT2D eigenvalue weighted by Crippen LogP contribution is 2.65. The number of hydrazone groups is 1. The first-order chi connectivity index (χ1) is 12.1. The Balaban J connectivity index is 1.39. The molecule has 1 aliphatic heterocycles. The van der Waals surface area contributed by atoms with Gasteiger partial charge in [0.25, 0.3) is 11.8 Å². The number of carbonyl (C=O) groups excluding carboxylic acids is 2. The molecular formula is C20H21N3O2. The van der Waals surface area contributed by atoms with Crippen molar-refractivity contribution in [2.24, 2.45) is 40.6 Å². The summed E-state index contributed by atoms with van der Waals surface area (Å²) < 4.78 is 0. The van der Waals surface area contributed by atoms with Crippen LogP contribution in [0.1, 0.15) is 12.0 Å². The van der Waals surface area contributed by atoms with Gasteiger partial charge in [0.2, 0.25) is 0 Å². The van der Waals surface area contributed by atoms with Crippen molar-refractivity contribution in [2.75, 3.05) is 19.0 Å². The van der Waals surface area contributed by atoms with E-state index in [4.69, 9.17) is 0 Å². The van der Waals surface area contributed by atoms with E-state index in [2.05, 4.69) is 17.3 Å². The summed E-state index contributed by atoms with van der Waals surface area (Å²) in [5, 5.41) is 5.39. The first kappa shape index (κ1) is 14.9. The fourth-order valence-electron chi connectivity index (χ4n) is 5.04. The average Bonchev–Trinajstić information content (AvgIpc) is 3.39. The SMILES string of the molecule is CN(C)c1ccc(/C=N\N2C(=O)[C@@H]3[C@H]4C=C[C@@H]([C@@H]5C[C@@H]45)[C@H]3C2=O)cc1. The van der Waals surface area contributed by atoms with Gasteiger partial charge >= 0.3 is 0 Å². The minimum atomic E-state index is -0.181. The highest BCUT2D eigenvalue weighted by molar-refractivity contribution is 6.06. The van der Waals surface area contributed by atoms with E-state index >= 15 is 0 Å². The molecule has 3 fully saturated rings. The highest BCUT2D eigenvalue weighted by Gasteiger charge is 2.67. The van der Waals surface area contributed by atoms with Crippen molar-refractivity contribution in [2.45, 2.75) is 6.42 Å². The lowest BCUT2D eigenvalue weighted by atomic mass is 9.63. The zero-order valence-electron chi connectivity index (χ0n) is 14.4. The van der Waals surface area contributed by atoms with E-state index < -0.39 is 0 Å². The van der Waals surface area contributed by atoms with Gasteiger partial charge in [-0.3, -0.25) is 9.59 Å². The number of nitrogens with zero attached hydrogens (tertiary/aromatic N) is 3. The smallest absolute Gasteiger partial charge is 0.254 e. The third kappa shape index (κ3) is 2.04. The van der Waals surface area contributed by atoms with Gasteiger partial charge in [-0.1, -0.05) is 24.3 Å². The van der Waals surface area contributed by atoms with Crippen LogP contribution in [-0.2, 0) is 9.59 Å². The fraction of sp³-hybridized carbons (Fsp3) is 0.450. The molecule has 0 N–H and O–H groups in total. The number of allylic oxidation sites excluding steroid dienone is 2. The van der Waals surface area contributed by atoms with Gasteiger partial charge in [-0.15, -0.1) is 0 Å². The summed E-state index contributed by atoms with van der Waals surface area (Å²) in [7, 11) is 3.97. The maximum Gasteiger partial charge on any atom is 0.254 e. The molecule has 1 aromatic carbocycles. The first-order valence-electron chi connectivity index (χ1n) is 8.94. The van der Waals surface area contributed by atoms with E-state index in [1.165, 1.54) is 6.42 Å². The van der Waals surface area contributed by atoms with E-state index in [-0.39, 0.29) is 35.5 Å². The highest BCUT2D eigenvalue weighted by atomic mass is 16.2. The molecule has 5 nitrogen and oxygen atoms in total. The van der Waals surface area contributed by atoms with Gasteiger partial charge in [0.15, 0.2) is 0 Å². The second-order valence-electron chi connectivity index (χ2n) is 7.87. The van der Waals surface area contributed by atoms with Crippen molar-refractivity contribution < 1.29 is 9.59 Å². The molecular weight excluding hydrogens is 314 g/mol. The number of benzene rings is 1. The van der Waals surface area contributed by atoms with Crippen LogP contribution in [0.2, 0.25) is 0 Å². The van der Waals surface area contributed by atoms with Crippen molar-refractivity contribution in [3.63, 3.8) is 0 Å². The molecule has 0 aromatic heterocycles. The molecule has 2 saturated carbocycles. The second-order valence-corrected chi connectivity index (χ2v) is 7.87. The molecule has 5 aliphatic rings. The third-order valence-electron chi connectivity index (χ3n) is 6.37. The Hall–Kier alpha value is -2.43. The summed E-state index contributed by atoms with van der Waals surface area (Å²) in [6.45, 7) is 0. The van der Waals surface area contributed by atoms with Crippen molar-refractivity contribution >= 4 is 23.7 Å². The van der Waals surface area contributed by atoms with Crippen LogP contribution in [0.4, 0.5) is 5.69 Å². The topological polar surface area (TPSA) is 53.0 Å². The van der Waals surface area contributed by atoms with Crippen LogP contribution in [0.15, 0.2) is 41.5 Å². The van der Waals surface area contributed by atoms with Gasteiger partial charge in [-0.25, -0.2) is 0 Å². The molecule has 128 valence electrons. The lowest BCUT2D eigenvalue weighted by Crippen LogP contribution is -2.40. The summed E-state index contributed by atoms with van der Waals surface area (Å²) in [6, 6.07) is 7.87. The summed E-state index contributed by atoms with van der Waals surface area (Å²) in [4.78, 5) is 27.7. The van der Waals surface area contributed by atoms with Crippen molar-refractivity contribution in [1.29, 1.82) is 0 Å². The van der Waals surface area contributed by atoms with E-state index in [0.29, 0.717) is 11.8 Å². The maximum atomic E-state index is 12.8. The van der Waals surface area contributed by atoms with E-state index in [9.17, 15) is 9.59 Å². The Kier molecular flexibility index (Phi) is 3.00. The minimum absolute atomic E-state index is 0.110. The first-order valence-corrected chi connectivity index (χ1v) is 8.94. The Morgan fingerprint density at radius 3 is 2.08 bits per heavy atom. The molecule has 25 heavy (non-hydrogen) atoms. The molecule has 2 bridgehead atoms. The van der Waals surface area contributed by atoms with E-state index in [1.54, 1.807) is 6.21 Å². The number of carbonyl (C=O) groups is 2. The molecule has 1 saturated heterocycles. The molecule has 5 heteroatoms. The molecule has 0 unspecified atom stereocenters. The lowest BCUT2D eigenvalue weighted by Gasteiger charge is -2.37. The molecule has 1 aromatic rings. The van der Waals surface area contributed by atoms with Crippen LogP contribution in [0.3, 0.4) is 0 Å². The molecule has 2 amide bonds. The Morgan fingerprint density at radius 1 is 1.00 bits per heavy atom. The Labute approximate surface area is 147 Å². The minimum Gasteiger partial charge on any atom is -0.378 e. The number of imide groups is 1. The average molecular weight is 335 g/mol. The van der Waals surface area contributed by atoms with Gasteiger partial charge in [-0.05, 0) is 47.8 Å². The normalized spacial score (nSPS) is 37.6. The van der Waals surface area contributed by atoms with E-state index in [1.807, 2.05) is 43.3 Å². The number of rotatable bonds is 3. The van der Waals surface area contributed by atoms with Gasteiger partial charge in [0.1, 0.15) is 0 Å². The molecule has 6 atom stereocenters. The standard InChI is InChI=1S/C20H21N3O2/c1-22(2)12-5-3-11(4-6-12)10-21-23-19(24)17-13-7-8-14(16-9-15(13)16)18(17)20(23)25/h3-8,10,13-18H,9H2,1-2H3/b21-10-/t13-,14-,15-,16-,17+,18+/m0/s1. The number of hydrogen-bond donors (Lipinski definition) is 0. The monoisotopic (exact) mass is 335 g/mol. The van der Waals surface area contributed by atoms with Crippen LogP contribution in [0.5, 0.6) is 0 Å². The van der Waals surface area contributed by atoms with Gasteiger partial charge in [0, 0.05) is 19.8 Å². The Bertz CT molecular complexity index is 775. The summed E-state index contributed by atoms with van der Waals surface area (Å²) >= 11 is 0. The van der Waals surface area contributed by atoms with Crippen molar-refractivity contribution in [3.8, 4) is 0 Å². The van der Waals surface area contributed by atoms with E-state index in [0.717, 1.165) is 16.3 Å². The predicted octanol–water partition coefficient (Wildman–Crippen LogP) is 2.14. The molecule has 6 rings (SSSR count). The van der Waals surface area contributed by atoms with Crippen LogP contribution < -0.4 is 4.90 Å². The quantitative estimate of drug-likeness (QED) is 0.483. The molecule has 1 heterocycles. The third-order valence-corrected chi connectivity index (χ3v) is 6.37. The fourth-order valence-corrected chi connectivity index (χ4v) is 5.04. The zero-order valence-corrected chi connectivity index (χ0v) is 14.4. The van der Waals surface area contributed by atoms with Gasteiger partial charge < -0.3 is 4.90 Å². The van der Waals surface area contributed by atoms with Gasteiger partial charge in [0.05, 0.1) is 18.1 Å². The van der Waals surface area contributed by atoms with Gasteiger partial charge in [-0.2, -0.15) is 10.1 Å². The summed E-state index contributed by atoms with van der Waals surface area (Å²) in [5.74, 6) is 1.15. The molecule has 4 aliphatic carbocycles. The van der Waals surface area contributed by atoms with Crippen molar-refractivity contribution in [3.05, 3.63) is 42.0 Å². The molecule has 0 spiro atoms. The summed E-state index contributed by atoms with van der Waals surface area (Å²) in [5.41, 5.74) is 1.98.